The van der Waals surface area contributed by atoms with Gasteiger partial charge in [0, 0.05) is 7.11 Å². The van der Waals surface area contributed by atoms with E-state index in [1.54, 1.807) is 0 Å². The Kier molecular flexibility index (Phi) is 9.52. The normalized spacial score (nSPS) is 9.89. The van der Waals surface area contributed by atoms with Gasteiger partial charge in [-0.05, 0) is 0 Å². The first-order chi connectivity index (χ1) is 3.97. The molecule has 0 heterocycles. The minimum atomic E-state index is -4.15. The van der Waals surface area contributed by atoms with Gasteiger partial charge in [-0.3, -0.25) is 4.52 Å². The SMILES string of the molecule is COP(=O)(O)O.SNS. The molecule has 0 rings (SSSR count). The van der Waals surface area contributed by atoms with Crippen molar-refractivity contribution in [2.75, 3.05) is 7.11 Å². The van der Waals surface area contributed by atoms with Crippen LogP contribution in [0.2, 0.25) is 0 Å². The molecule has 8 heteroatoms. The molecule has 0 atom stereocenters. The Morgan fingerprint density at radius 1 is 1.56 bits per heavy atom. The Balaban J connectivity index is 0. The van der Waals surface area contributed by atoms with Crippen molar-refractivity contribution >= 4 is 33.5 Å². The molecule has 0 spiro atoms. The third kappa shape index (κ3) is 28.3. The van der Waals surface area contributed by atoms with Gasteiger partial charge in [-0.25, -0.2) is 8.69 Å². The Bertz CT molecular complexity index is 92.6. The Labute approximate surface area is 64.1 Å². The van der Waals surface area contributed by atoms with Gasteiger partial charge in [-0.15, -0.1) is 0 Å². The predicted octanol–water partition coefficient (Wildman–Crippen LogP) is -0.00890. The highest BCUT2D eigenvalue weighted by atomic mass is 32.2. The molecule has 58 valence electrons. The molecule has 0 fully saturated rings. The minimum Gasteiger partial charge on any atom is -0.303 e. The first-order valence-corrected chi connectivity index (χ1v) is 4.05. The van der Waals surface area contributed by atoms with Crippen LogP contribution in [0.15, 0.2) is 0 Å². The molecule has 0 aromatic heterocycles. The van der Waals surface area contributed by atoms with E-state index in [9.17, 15) is 4.57 Å². The lowest BCUT2D eigenvalue weighted by Gasteiger charge is -1.93. The summed E-state index contributed by atoms with van der Waals surface area (Å²) in [5.74, 6) is 0. The van der Waals surface area contributed by atoms with Crippen molar-refractivity contribution in [3.8, 4) is 0 Å². The second-order valence-corrected chi connectivity index (χ2v) is 2.92. The smallest absolute Gasteiger partial charge is 0.303 e. The summed E-state index contributed by atoms with van der Waals surface area (Å²) >= 11 is 6.81. The van der Waals surface area contributed by atoms with Crippen LogP contribution >= 0.6 is 33.5 Å². The lowest BCUT2D eigenvalue weighted by atomic mass is 11.8. The van der Waals surface area contributed by atoms with Crippen LogP contribution in [0.25, 0.3) is 0 Å². The topological polar surface area (TPSA) is 78.8 Å². The first-order valence-electron chi connectivity index (χ1n) is 1.62. The Morgan fingerprint density at radius 2 is 1.67 bits per heavy atom. The zero-order valence-corrected chi connectivity index (χ0v) is 7.24. The van der Waals surface area contributed by atoms with Gasteiger partial charge in [0.25, 0.3) is 0 Å². The fourth-order valence-corrected chi connectivity index (χ4v) is 0. The summed E-state index contributed by atoms with van der Waals surface area (Å²) in [6.45, 7) is 0. The van der Waals surface area contributed by atoms with Gasteiger partial charge in [0.1, 0.15) is 0 Å². The van der Waals surface area contributed by atoms with Crippen molar-refractivity contribution in [1.29, 1.82) is 0 Å². The Morgan fingerprint density at radius 3 is 1.67 bits per heavy atom. The fourth-order valence-electron chi connectivity index (χ4n) is 0. The zero-order chi connectivity index (χ0) is 7.91. The number of hydrogen-bond donors (Lipinski definition) is 5. The number of hydrogen-bond acceptors (Lipinski definition) is 5. The average molecular weight is 193 g/mol. The third-order valence-corrected chi connectivity index (χ3v) is 0.714. The summed E-state index contributed by atoms with van der Waals surface area (Å²) in [7, 11) is -3.20. The van der Waals surface area contributed by atoms with Gasteiger partial charge in [-0.2, -0.15) is 0 Å². The second-order valence-electron chi connectivity index (χ2n) is 0.773. The van der Waals surface area contributed by atoms with Crippen LogP contribution < -0.4 is 4.13 Å². The minimum absolute atomic E-state index is 0.945. The maximum absolute atomic E-state index is 9.47. The van der Waals surface area contributed by atoms with Crippen LogP contribution in [-0.2, 0) is 9.09 Å². The predicted molar refractivity (Wildman–Crippen MR) is 40.2 cm³/mol. The van der Waals surface area contributed by atoms with Crippen LogP contribution in [0.4, 0.5) is 0 Å². The van der Waals surface area contributed by atoms with Gasteiger partial charge < -0.3 is 9.79 Å². The lowest BCUT2D eigenvalue weighted by molar-refractivity contribution is 0.235. The van der Waals surface area contributed by atoms with Crippen LogP contribution in [0.1, 0.15) is 0 Å². The number of thiol groups is 2. The molecule has 0 radical (unpaired) electrons. The van der Waals surface area contributed by atoms with Crippen LogP contribution in [0.3, 0.4) is 0 Å². The quantitative estimate of drug-likeness (QED) is 0.299. The maximum Gasteiger partial charge on any atom is 0.469 e. The Hall–Kier alpha value is 0.770. The summed E-state index contributed by atoms with van der Waals surface area (Å²) in [6, 6.07) is 0. The van der Waals surface area contributed by atoms with Crippen molar-refractivity contribution < 1.29 is 18.9 Å². The van der Waals surface area contributed by atoms with E-state index in [2.05, 4.69) is 34.3 Å². The molecule has 0 saturated carbocycles. The summed E-state index contributed by atoms with van der Waals surface area (Å²) < 4.78 is 15.2. The van der Waals surface area contributed by atoms with Gasteiger partial charge in [0.05, 0.1) is 0 Å². The highest BCUT2D eigenvalue weighted by molar-refractivity contribution is 7.94. The van der Waals surface area contributed by atoms with Crippen LogP contribution in [-0.4, -0.2) is 16.9 Å². The number of phosphoric ester groups is 1. The molecular weight excluding hydrogens is 185 g/mol. The van der Waals surface area contributed by atoms with Crippen molar-refractivity contribution in [2.24, 2.45) is 0 Å². The van der Waals surface area contributed by atoms with Gasteiger partial charge in [0.2, 0.25) is 0 Å². The van der Waals surface area contributed by atoms with E-state index in [4.69, 9.17) is 9.79 Å². The van der Waals surface area contributed by atoms with Crippen molar-refractivity contribution in [1.82, 2.24) is 4.13 Å². The molecule has 0 unspecified atom stereocenters. The van der Waals surface area contributed by atoms with E-state index >= 15 is 0 Å². The molecule has 3 N–H and O–H groups in total. The van der Waals surface area contributed by atoms with E-state index in [-0.39, 0.29) is 0 Å². The first kappa shape index (κ1) is 12.4. The summed E-state index contributed by atoms with van der Waals surface area (Å²) in [5, 5.41) is 0. The highest BCUT2D eigenvalue weighted by Crippen LogP contribution is 2.33. The molecule has 9 heavy (non-hydrogen) atoms. The zero-order valence-electron chi connectivity index (χ0n) is 4.55. The number of nitrogens with one attached hydrogen (secondary N) is 1. The third-order valence-electron chi connectivity index (χ3n) is 0.238. The van der Waals surface area contributed by atoms with Crippen molar-refractivity contribution in [3.63, 3.8) is 0 Å². The van der Waals surface area contributed by atoms with Gasteiger partial charge in [0.15, 0.2) is 0 Å². The monoisotopic (exact) mass is 193 g/mol. The summed E-state index contributed by atoms with van der Waals surface area (Å²) in [6.07, 6.45) is 0. The van der Waals surface area contributed by atoms with E-state index in [0.717, 1.165) is 7.11 Å². The number of phosphoric acid groups is 1. The van der Waals surface area contributed by atoms with Crippen LogP contribution in [0, 0.1) is 0 Å². The largest absolute Gasteiger partial charge is 0.469 e. The second kappa shape index (κ2) is 6.88. The van der Waals surface area contributed by atoms with Gasteiger partial charge in [-0.1, -0.05) is 25.6 Å². The summed E-state index contributed by atoms with van der Waals surface area (Å²) in [5.41, 5.74) is 0. The molecule has 0 aliphatic carbocycles. The number of rotatable bonds is 1. The standard InChI is InChI=1S/CH5O4P.H3NS2/c1-5-6(2,3)4;2-1-3/h1H3,(H2,2,3,4);1-3H. The van der Waals surface area contributed by atoms with E-state index < -0.39 is 7.82 Å². The molecule has 0 aliphatic heterocycles. The molecular formula is CH8NO4PS2. The molecule has 0 bridgehead atoms. The van der Waals surface area contributed by atoms with Crippen LogP contribution in [0.5, 0.6) is 0 Å². The maximum atomic E-state index is 9.47. The highest BCUT2D eigenvalue weighted by Gasteiger charge is 2.07. The lowest BCUT2D eigenvalue weighted by Crippen LogP contribution is -1.76. The molecule has 0 saturated heterocycles. The molecule has 5 nitrogen and oxygen atoms in total. The average Bonchev–Trinajstić information content (AvgIpc) is 1.67. The summed E-state index contributed by atoms with van der Waals surface area (Å²) in [4.78, 5) is 15.4. The van der Waals surface area contributed by atoms with Crippen molar-refractivity contribution in [2.45, 2.75) is 0 Å². The fraction of sp³-hybridized carbons (Fsp3) is 1.00. The van der Waals surface area contributed by atoms with E-state index in [0.29, 0.717) is 0 Å². The van der Waals surface area contributed by atoms with Gasteiger partial charge >= 0.3 is 7.82 Å². The van der Waals surface area contributed by atoms with E-state index in [1.165, 1.54) is 0 Å². The molecule has 0 aromatic rings. The van der Waals surface area contributed by atoms with Crippen molar-refractivity contribution in [3.05, 3.63) is 0 Å². The molecule has 0 aromatic carbocycles. The molecule has 0 amide bonds. The van der Waals surface area contributed by atoms with E-state index in [1.807, 2.05) is 0 Å². The molecule has 0 aliphatic rings.